The number of rotatable bonds is 4. The lowest BCUT2D eigenvalue weighted by Crippen LogP contribution is -2.16. The molecule has 0 spiro atoms. The van der Waals surface area contributed by atoms with Crippen LogP contribution < -0.4 is 10.1 Å². The highest BCUT2D eigenvalue weighted by Gasteiger charge is 2.21. The molecule has 0 saturated carbocycles. The zero-order valence-electron chi connectivity index (χ0n) is 13.2. The molecule has 5 heteroatoms. The van der Waals surface area contributed by atoms with Gasteiger partial charge in [-0.15, -0.1) is 0 Å². The third kappa shape index (κ3) is 3.70. The van der Waals surface area contributed by atoms with Crippen molar-refractivity contribution in [3.63, 3.8) is 0 Å². The molecule has 4 nitrogen and oxygen atoms in total. The quantitative estimate of drug-likeness (QED) is 0.928. The highest BCUT2D eigenvalue weighted by molar-refractivity contribution is 6.32. The fourth-order valence-electron chi connectivity index (χ4n) is 2.27. The van der Waals surface area contributed by atoms with E-state index in [4.69, 9.17) is 16.3 Å². The van der Waals surface area contributed by atoms with Gasteiger partial charge >= 0.3 is 0 Å². The van der Waals surface area contributed by atoms with Crippen LogP contribution in [0, 0.1) is 0 Å². The lowest BCUT2D eigenvalue weighted by atomic mass is 9.89. The van der Waals surface area contributed by atoms with E-state index < -0.39 is 0 Å². The topological polar surface area (TPSA) is 39.1 Å². The van der Waals surface area contributed by atoms with Gasteiger partial charge in [0.15, 0.2) is 0 Å². The third-order valence-electron chi connectivity index (χ3n) is 3.25. The standard InChI is InChI=1S/C16H22ClN3O/c1-16(2,3)15-11(10-20(4)19-15)9-18-12-6-7-14(21-5)13(17)8-12/h6-8,10,18H,9H2,1-5H3. The van der Waals surface area contributed by atoms with Crippen LogP contribution in [0.3, 0.4) is 0 Å². The maximum absolute atomic E-state index is 6.14. The van der Waals surface area contributed by atoms with Crippen molar-refractivity contribution >= 4 is 17.3 Å². The van der Waals surface area contributed by atoms with Gasteiger partial charge in [0.25, 0.3) is 0 Å². The minimum absolute atomic E-state index is 0.0236. The summed E-state index contributed by atoms with van der Waals surface area (Å²) in [6.45, 7) is 7.22. The predicted octanol–water partition coefficient (Wildman–Crippen LogP) is 3.99. The van der Waals surface area contributed by atoms with Gasteiger partial charge in [0.1, 0.15) is 5.75 Å². The largest absolute Gasteiger partial charge is 0.495 e. The molecule has 1 aromatic heterocycles. The Morgan fingerprint density at radius 2 is 2.05 bits per heavy atom. The van der Waals surface area contributed by atoms with Gasteiger partial charge < -0.3 is 10.1 Å². The molecule has 1 N–H and O–H groups in total. The van der Waals surface area contributed by atoms with Crippen molar-refractivity contribution < 1.29 is 4.74 Å². The van der Waals surface area contributed by atoms with Gasteiger partial charge in [-0.3, -0.25) is 4.68 Å². The Bertz CT molecular complexity index is 629. The fraction of sp³-hybridized carbons (Fsp3) is 0.438. The van der Waals surface area contributed by atoms with Crippen molar-refractivity contribution in [3.05, 3.63) is 40.7 Å². The van der Waals surface area contributed by atoms with Crippen molar-refractivity contribution in [3.8, 4) is 5.75 Å². The summed E-state index contributed by atoms with van der Waals surface area (Å²) >= 11 is 6.14. The number of hydrogen-bond acceptors (Lipinski definition) is 3. The first kappa shape index (κ1) is 15.7. The molecule has 0 bridgehead atoms. The number of methoxy groups -OCH3 is 1. The van der Waals surface area contributed by atoms with Gasteiger partial charge in [-0.25, -0.2) is 0 Å². The average Bonchev–Trinajstić information content (AvgIpc) is 2.78. The summed E-state index contributed by atoms with van der Waals surface area (Å²) in [5, 5.41) is 8.56. The second-order valence-electron chi connectivity index (χ2n) is 6.13. The van der Waals surface area contributed by atoms with Crippen LogP contribution >= 0.6 is 11.6 Å². The molecule has 0 amide bonds. The molecule has 0 aliphatic heterocycles. The van der Waals surface area contributed by atoms with Gasteiger partial charge in [0.2, 0.25) is 0 Å². The summed E-state index contributed by atoms with van der Waals surface area (Å²) in [4.78, 5) is 0. The van der Waals surface area contributed by atoms with E-state index in [0.717, 1.165) is 11.4 Å². The monoisotopic (exact) mass is 307 g/mol. The number of ether oxygens (including phenoxy) is 1. The summed E-state index contributed by atoms with van der Waals surface area (Å²) in [5.41, 5.74) is 3.29. The molecule has 2 rings (SSSR count). The van der Waals surface area contributed by atoms with E-state index in [0.29, 0.717) is 17.3 Å². The number of aromatic nitrogens is 2. The molecule has 1 aromatic carbocycles. The Hall–Kier alpha value is -1.68. The number of anilines is 1. The molecule has 114 valence electrons. The molecule has 0 saturated heterocycles. The average molecular weight is 308 g/mol. The number of nitrogens with one attached hydrogen (secondary N) is 1. The summed E-state index contributed by atoms with van der Waals surface area (Å²) in [6, 6.07) is 5.68. The first-order chi connectivity index (χ1) is 9.81. The van der Waals surface area contributed by atoms with Crippen LogP contribution in [0.4, 0.5) is 5.69 Å². The third-order valence-corrected chi connectivity index (χ3v) is 3.55. The molecule has 0 radical (unpaired) electrons. The van der Waals surface area contributed by atoms with Gasteiger partial charge in [-0.1, -0.05) is 32.4 Å². The van der Waals surface area contributed by atoms with Crippen molar-refractivity contribution in [1.29, 1.82) is 0 Å². The highest BCUT2D eigenvalue weighted by Crippen LogP contribution is 2.28. The Labute approximate surface area is 131 Å². The number of hydrogen-bond donors (Lipinski definition) is 1. The summed E-state index contributed by atoms with van der Waals surface area (Å²) in [6.07, 6.45) is 2.05. The Balaban J connectivity index is 2.15. The molecule has 1 heterocycles. The van der Waals surface area contributed by atoms with E-state index in [2.05, 4.69) is 37.4 Å². The molecule has 2 aromatic rings. The van der Waals surface area contributed by atoms with Crippen LogP contribution in [0.1, 0.15) is 32.0 Å². The van der Waals surface area contributed by atoms with E-state index in [1.807, 2.05) is 29.9 Å². The van der Waals surface area contributed by atoms with Crippen LogP contribution in [-0.2, 0) is 19.0 Å². The second-order valence-corrected chi connectivity index (χ2v) is 6.54. The van der Waals surface area contributed by atoms with Crippen molar-refractivity contribution in [1.82, 2.24) is 9.78 Å². The maximum Gasteiger partial charge on any atom is 0.137 e. The smallest absolute Gasteiger partial charge is 0.137 e. The lowest BCUT2D eigenvalue weighted by Gasteiger charge is -2.18. The van der Waals surface area contributed by atoms with Gasteiger partial charge in [-0.2, -0.15) is 5.10 Å². The van der Waals surface area contributed by atoms with Crippen molar-refractivity contribution in [2.24, 2.45) is 7.05 Å². The molecule has 0 unspecified atom stereocenters. The van der Waals surface area contributed by atoms with Crippen molar-refractivity contribution in [2.75, 3.05) is 12.4 Å². The maximum atomic E-state index is 6.14. The van der Waals surface area contributed by atoms with E-state index in [9.17, 15) is 0 Å². The van der Waals surface area contributed by atoms with E-state index >= 15 is 0 Å². The summed E-state index contributed by atoms with van der Waals surface area (Å²) in [7, 11) is 3.56. The second kappa shape index (κ2) is 5.98. The minimum atomic E-state index is 0.0236. The summed E-state index contributed by atoms with van der Waals surface area (Å²) < 4.78 is 7.02. The first-order valence-corrected chi connectivity index (χ1v) is 7.29. The van der Waals surface area contributed by atoms with Gasteiger partial charge in [-0.05, 0) is 18.2 Å². The van der Waals surface area contributed by atoms with E-state index in [-0.39, 0.29) is 5.41 Å². The van der Waals surface area contributed by atoms with Crippen LogP contribution in [0.2, 0.25) is 5.02 Å². The molecule has 21 heavy (non-hydrogen) atoms. The zero-order valence-corrected chi connectivity index (χ0v) is 14.0. The van der Waals surface area contributed by atoms with Crippen LogP contribution in [-0.4, -0.2) is 16.9 Å². The Morgan fingerprint density at radius 1 is 1.33 bits per heavy atom. The fourth-order valence-corrected chi connectivity index (χ4v) is 2.53. The normalized spacial score (nSPS) is 11.5. The first-order valence-electron chi connectivity index (χ1n) is 6.91. The predicted molar refractivity (Wildman–Crippen MR) is 87.2 cm³/mol. The molecular formula is C16H22ClN3O. The minimum Gasteiger partial charge on any atom is -0.495 e. The molecule has 0 fully saturated rings. The van der Waals surface area contributed by atoms with Gasteiger partial charge in [0.05, 0.1) is 17.8 Å². The highest BCUT2D eigenvalue weighted by atomic mass is 35.5. The Morgan fingerprint density at radius 3 is 2.62 bits per heavy atom. The molecule has 0 atom stereocenters. The lowest BCUT2D eigenvalue weighted by molar-refractivity contribution is 0.415. The van der Waals surface area contributed by atoms with Crippen LogP contribution in [0.5, 0.6) is 5.75 Å². The molecular weight excluding hydrogens is 286 g/mol. The number of nitrogens with zero attached hydrogens (tertiary/aromatic N) is 2. The molecule has 0 aliphatic carbocycles. The number of aryl methyl sites for hydroxylation is 1. The van der Waals surface area contributed by atoms with E-state index in [1.54, 1.807) is 7.11 Å². The molecule has 0 aliphatic rings. The number of benzene rings is 1. The Kier molecular flexibility index (Phi) is 4.47. The SMILES string of the molecule is COc1ccc(NCc2cn(C)nc2C(C)(C)C)cc1Cl. The van der Waals surface area contributed by atoms with E-state index in [1.165, 1.54) is 5.56 Å². The summed E-state index contributed by atoms with van der Waals surface area (Å²) in [5.74, 6) is 0.680. The van der Waals surface area contributed by atoms with Crippen LogP contribution in [0.25, 0.3) is 0 Å². The van der Waals surface area contributed by atoms with Crippen molar-refractivity contribution in [2.45, 2.75) is 32.7 Å². The zero-order chi connectivity index (χ0) is 15.6. The number of halogens is 1. The van der Waals surface area contributed by atoms with Crippen LogP contribution in [0.15, 0.2) is 24.4 Å². The van der Waals surface area contributed by atoms with Gasteiger partial charge in [0, 0.05) is 36.5 Å².